The molecule has 0 spiro atoms. The molecule has 2 saturated carbocycles. The maximum absolute atomic E-state index is 4.89. The first-order valence-electron chi connectivity index (χ1n) is 11.1. The Kier molecular flexibility index (Phi) is 11.0. The minimum atomic E-state index is 0.00694. The first-order valence-corrected chi connectivity index (χ1v) is 14.3. The van der Waals surface area contributed by atoms with Gasteiger partial charge in [0, 0.05) is 50.3 Å². The average Bonchev–Trinajstić information content (AvgIpc) is 2.76. The molecule has 4 atom stereocenters. The molecule has 4 N–H and O–H groups in total. The van der Waals surface area contributed by atoms with E-state index >= 15 is 0 Å². The van der Waals surface area contributed by atoms with Crippen LogP contribution in [0, 0.1) is 0 Å². The van der Waals surface area contributed by atoms with Gasteiger partial charge in [-0.15, -0.1) is 0 Å². The van der Waals surface area contributed by atoms with Crippen molar-refractivity contribution in [1.29, 1.82) is 0 Å². The molecule has 2 heterocycles. The van der Waals surface area contributed by atoms with Gasteiger partial charge in [0.15, 0.2) is 0 Å². The van der Waals surface area contributed by atoms with E-state index in [4.69, 9.17) is 25.2 Å². The number of halogens is 2. The van der Waals surface area contributed by atoms with Gasteiger partial charge in [-0.05, 0) is 37.8 Å². The van der Waals surface area contributed by atoms with Gasteiger partial charge in [0.05, 0.1) is 11.4 Å². The summed E-state index contributed by atoms with van der Waals surface area (Å²) in [5, 5.41) is 15.2. The minimum Gasteiger partial charge on any atom is -0.311 e. The second-order valence-electron chi connectivity index (χ2n) is 8.34. The quantitative estimate of drug-likeness (QED) is 0.426. The Balaban J connectivity index is 0.000000755. The first kappa shape index (κ1) is 23.7. The van der Waals surface area contributed by atoms with Gasteiger partial charge in [-0.2, -0.15) is 0 Å². The molecule has 1 aromatic rings. The van der Waals surface area contributed by atoms with E-state index in [-0.39, 0.29) is 13.1 Å². The van der Waals surface area contributed by atoms with Crippen molar-refractivity contribution in [2.24, 2.45) is 0 Å². The van der Waals surface area contributed by atoms with Gasteiger partial charge < -0.3 is 21.3 Å². The Morgan fingerprint density at radius 2 is 1.07 bits per heavy atom. The van der Waals surface area contributed by atoms with Crippen LogP contribution in [0.15, 0.2) is 18.2 Å². The number of hydrogen-bond donors (Lipinski definition) is 4. The van der Waals surface area contributed by atoms with Gasteiger partial charge in [0.2, 0.25) is 0 Å². The number of nitrogens with zero attached hydrogens (tertiary/aromatic N) is 1. The normalized spacial score (nSPS) is 31.1. The minimum absolute atomic E-state index is 0.00694. The third kappa shape index (κ3) is 7.93. The van der Waals surface area contributed by atoms with Crippen LogP contribution in [0.25, 0.3) is 0 Å². The van der Waals surface area contributed by atoms with E-state index in [1.807, 2.05) is 0 Å². The van der Waals surface area contributed by atoms with Gasteiger partial charge in [-0.1, -0.05) is 31.7 Å². The molecule has 2 aliphatic carbocycles. The van der Waals surface area contributed by atoms with Gasteiger partial charge in [-0.3, -0.25) is 4.98 Å². The Labute approximate surface area is 190 Å². The van der Waals surface area contributed by atoms with Crippen molar-refractivity contribution in [2.75, 3.05) is 13.1 Å². The van der Waals surface area contributed by atoms with Gasteiger partial charge in [0.1, 0.15) is 0 Å². The zero-order valence-electron chi connectivity index (χ0n) is 17.1. The number of pyridine rings is 1. The molecule has 3 aliphatic rings. The number of rotatable bonds is 0. The second kappa shape index (κ2) is 13.5. The molecule has 1 aromatic heterocycles. The van der Waals surface area contributed by atoms with Crippen molar-refractivity contribution in [3.8, 4) is 0 Å². The molecular weight excluding hydrogens is 448 g/mol. The van der Waals surface area contributed by atoms with Crippen molar-refractivity contribution in [1.82, 2.24) is 26.3 Å². The van der Waals surface area contributed by atoms with Crippen LogP contribution in [0.2, 0.25) is 0 Å². The fourth-order valence-corrected chi connectivity index (χ4v) is 4.95. The van der Waals surface area contributed by atoms with Gasteiger partial charge >= 0.3 is 33.3 Å². The summed E-state index contributed by atoms with van der Waals surface area (Å²) < 4.78 is 0. The average molecular weight is 483 g/mol. The Hall–Kier alpha value is 0.0895. The smallest absolute Gasteiger partial charge is 0.0545 e. The van der Waals surface area contributed by atoms with Crippen LogP contribution in [0.4, 0.5) is 0 Å². The summed E-state index contributed by atoms with van der Waals surface area (Å²) in [6.07, 6.45) is 10.5. The third-order valence-electron chi connectivity index (χ3n) is 6.43. The zero-order chi connectivity index (χ0) is 20.3. The van der Waals surface area contributed by atoms with E-state index in [9.17, 15) is 0 Å². The summed E-state index contributed by atoms with van der Waals surface area (Å²) in [7, 11) is 9.59. The number of nitrogens with one attached hydrogen (secondary N) is 4. The topological polar surface area (TPSA) is 61.0 Å². The maximum Gasteiger partial charge on any atom is 0.0545 e. The Morgan fingerprint density at radius 1 is 0.690 bits per heavy atom. The van der Waals surface area contributed by atoms with Crippen LogP contribution in [-0.4, -0.2) is 42.2 Å². The molecule has 4 rings (SSSR count). The SMILES string of the molecule is [Cl][Mn][Cl].c1cc2nc(c1)CN[C@@H]1CCCC[C@H]1NCCNC1CCCC[C@@H]1NC2. The molecule has 2 bridgehead atoms. The number of aromatic nitrogens is 1. The van der Waals surface area contributed by atoms with E-state index in [1.165, 1.54) is 62.8 Å². The first-order chi connectivity index (χ1) is 14.3. The predicted octanol–water partition coefficient (Wildman–Crippen LogP) is 3.45. The fourth-order valence-electron chi connectivity index (χ4n) is 4.95. The molecule has 1 unspecified atom stereocenters. The summed E-state index contributed by atoms with van der Waals surface area (Å²) in [6.45, 7) is 3.89. The zero-order valence-corrected chi connectivity index (χ0v) is 19.8. The predicted molar refractivity (Wildman–Crippen MR) is 118 cm³/mol. The van der Waals surface area contributed by atoms with Crippen molar-refractivity contribution in [2.45, 2.75) is 88.6 Å². The summed E-state index contributed by atoms with van der Waals surface area (Å²) in [5.41, 5.74) is 2.34. The molecular formula is C21H35Cl2MnN5. The van der Waals surface area contributed by atoms with Crippen LogP contribution >= 0.6 is 20.2 Å². The van der Waals surface area contributed by atoms with Crippen molar-refractivity contribution >= 4 is 20.2 Å². The summed E-state index contributed by atoms with van der Waals surface area (Å²) in [6, 6.07) is 8.81. The molecule has 165 valence electrons. The third-order valence-corrected chi connectivity index (χ3v) is 6.43. The molecule has 8 heteroatoms. The number of fused-ring (bicyclic) bond motifs is 4. The maximum atomic E-state index is 4.89. The van der Waals surface area contributed by atoms with Crippen LogP contribution in [0.5, 0.6) is 0 Å². The molecule has 0 aromatic carbocycles. The van der Waals surface area contributed by atoms with Crippen LogP contribution in [-0.2, 0) is 26.2 Å². The van der Waals surface area contributed by atoms with Gasteiger partial charge in [-0.25, -0.2) is 0 Å². The molecule has 2 fully saturated rings. The van der Waals surface area contributed by atoms with Crippen LogP contribution in [0.1, 0.15) is 62.8 Å². The largest absolute Gasteiger partial charge is 0.311 e. The summed E-state index contributed by atoms with van der Waals surface area (Å²) in [4.78, 5) is 4.89. The van der Waals surface area contributed by atoms with E-state index in [2.05, 4.69) is 39.5 Å². The van der Waals surface area contributed by atoms with Crippen LogP contribution in [0.3, 0.4) is 0 Å². The van der Waals surface area contributed by atoms with E-state index in [0.717, 1.165) is 26.2 Å². The Bertz CT molecular complexity index is 549. The fraction of sp³-hybridized carbons (Fsp3) is 0.762. The monoisotopic (exact) mass is 482 g/mol. The van der Waals surface area contributed by atoms with E-state index < -0.39 is 0 Å². The molecule has 0 radical (unpaired) electrons. The number of hydrogen-bond acceptors (Lipinski definition) is 5. The molecule has 29 heavy (non-hydrogen) atoms. The van der Waals surface area contributed by atoms with Crippen molar-refractivity contribution < 1.29 is 13.1 Å². The van der Waals surface area contributed by atoms with E-state index in [1.54, 1.807) is 0 Å². The summed E-state index contributed by atoms with van der Waals surface area (Å²) in [5.74, 6) is 0. The molecule has 0 saturated heterocycles. The standard InChI is InChI=1S/C21H35N5.2ClH.Mn/c1-3-10-20-18(8-1)22-12-13-23-19-9-2-4-11-21(19)25-15-17-7-5-6-16(26-17)14-24-20;;;/h5-7,18-25H,1-4,8-15H2;2*1H;/q;;;+2/p-2/t18-,19?,20-,21+;;;/m1.../s1. The van der Waals surface area contributed by atoms with Crippen LogP contribution < -0.4 is 21.3 Å². The summed E-state index contributed by atoms with van der Waals surface area (Å²) >= 11 is 0.00694. The van der Waals surface area contributed by atoms with Crippen molar-refractivity contribution in [3.05, 3.63) is 29.6 Å². The van der Waals surface area contributed by atoms with Gasteiger partial charge in [0.25, 0.3) is 0 Å². The Morgan fingerprint density at radius 3 is 1.48 bits per heavy atom. The molecule has 1 aliphatic heterocycles. The molecule has 5 nitrogen and oxygen atoms in total. The second-order valence-corrected chi connectivity index (χ2v) is 10.3. The van der Waals surface area contributed by atoms with E-state index in [0.29, 0.717) is 24.2 Å². The molecule has 0 amide bonds. The van der Waals surface area contributed by atoms with Crippen molar-refractivity contribution in [3.63, 3.8) is 0 Å².